The quantitative estimate of drug-likeness (QED) is 0.858. The van der Waals surface area contributed by atoms with Crippen molar-refractivity contribution < 1.29 is 4.79 Å². The molecule has 1 heterocycles. The highest BCUT2D eigenvalue weighted by atomic mass is 16.1. The molecule has 0 saturated carbocycles. The van der Waals surface area contributed by atoms with Gasteiger partial charge < -0.3 is 10.6 Å². The van der Waals surface area contributed by atoms with Gasteiger partial charge in [0.15, 0.2) is 0 Å². The Morgan fingerprint density at radius 2 is 1.94 bits per heavy atom. The summed E-state index contributed by atoms with van der Waals surface area (Å²) < 4.78 is 0. The lowest BCUT2D eigenvalue weighted by atomic mass is 10.00. The van der Waals surface area contributed by atoms with E-state index in [0.717, 1.165) is 13.0 Å². The minimum absolute atomic E-state index is 0.173. The second-order valence-corrected chi connectivity index (χ2v) is 5.35. The van der Waals surface area contributed by atoms with Crippen molar-refractivity contribution in [3.8, 4) is 0 Å². The molecule has 3 nitrogen and oxygen atoms in total. The molecule has 2 rings (SSSR count). The Hall–Kier alpha value is -1.35. The number of benzene rings is 1. The Balaban J connectivity index is 1.98. The molecule has 1 aliphatic heterocycles. The van der Waals surface area contributed by atoms with Gasteiger partial charge in [-0.1, -0.05) is 29.3 Å². The molecule has 98 valence electrons. The number of nitrogens with one attached hydrogen (secondary N) is 2. The first-order valence-corrected chi connectivity index (χ1v) is 6.65. The van der Waals surface area contributed by atoms with Gasteiger partial charge in [-0.15, -0.1) is 0 Å². The standard InChI is InChI=1S/C15H22N2O/c1-10-6-11(2)8-13(7-10)12(3)17-14-4-5-15(18)16-9-14/h6-8,12,14,17H,4-5,9H2,1-3H3,(H,16,18). The highest BCUT2D eigenvalue weighted by molar-refractivity contribution is 5.76. The van der Waals surface area contributed by atoms with Crippen molar-refractivity contribution in [2.45, 2.75) is 45.7 Å². The molecule has 0 aromatic heterocycles. The summed E-state index contributed by atoms with van der Waals surface area (Å²) in [4.78, 5) is 11.1. The molecule has 3 heteroatoms. The van der Waals surface area contributed by atoms with E-state index >= 15 is 0 Å². The van der Waals surface area contributed by atoms with Crippen molar-refractivity contribution >= 4 is 5.91 Å². The fraction of sp³-hybridized carbons (Fsp3) is 0.533. The van der Waals surface area contributed by atoms with E-state index in [0.29, 0.717) is 18.5 Å². The predicted molar refractivity (Wildman–Crippen MR) is 73.5 cm³/mol. The molecule has 2 N–H and O–H groups in total. The molecule has 0 radical (unpaired) electrons. The minimum atomic E-state index is 0.173. The average molecular weight is 246 g/mol. The van der Waals surface area contributed by atoms with Crippen molar-refractivity contribution in [1.82, 2.24) is 10.6 Å². The van der Waals surface area contributed by atoms with Gasteiger partial charge in [0.25, 0.3) is 0 Å². The molecule has 1 fully saturated rings. The molecular weight excluding hydrogens is 224 g/mol. The zero-order chi connectivity index (χ0) is 13.1. The number of hydrogen-bond donors (Lipinski definition) is 2. The Bertz CT molecular complexity index is 412. The van der Waals surface area contributed by atoms with Gasteiger partial charge in [0.2, 0.25) is 5.91 Å². The zero-order valence-electron chi connectivity index (χ0n) is 11.4. The normalized spacial score (nSPS) is 21.5. The molecule has 1 saturated heterocycles. The molecule has 0 bridgehead atoms. The van der Waals surface area contributed by atoms with E-state index in [1.165, 1.54) is 16.7 Å². The number of hydrogen-bond acceptors (Lipinski definition) is 2. The third-order valence-electron chi connectivity index (χ3n) is 3.50. The first-order chi connectivity index (χ1) is 8.54. The minimum Gasteiger partial charge on any atom is -0.355 e. The summed E-state index contributed by atoms with van der Waals surface area (Å²) in [5.41, 5.74) is 3.93. The maximum atomic E-state index is 11.1. The highest BCUT2D eigenvalue weighted by Gasteiger charge is 2.19. The molecule has 2 atom stereocenters. The maximum Gasteiger partial charge on any atom is 0.220 e. The van der Waals surface area contributed by atoms with Gasteiger partial charge in [-0.05, 0) is 32.8 Å². The molecule has 1 aromatic rings. The van der Waals surface area contributed by atoms with E-state index in [9.17, 15) is 4.79 Å². The van der Waals surface area contributed by atoms with Crippen LogP contribution in [0.1, 0.15) is 42.5 Å². The molecule has 2 unspecified atom stereocenters. The van der Waals surface area contributed by atoms with E-state index in [-0.39, 0.29) is 5.91 Å². The molecule has 0 aliphatic carbocycles. The van der Waals surface area contributed by atoms with Gasteiger partial charge in [0, 0.05) is 25.0 Å². The monoisotopic (exact) mass is 246 g/mol. The van der Waals surface area contributed by atoms with Crippen molar-refractivity contribution in [2.24, 2.45) is 0 Å². The van der Waals surface area contributed by atoms with Crippen LogP contribution in [0, 0.1) is 13.8 Å². The molecule has 1 aromatic carbocycles. The third kappa shape index (κ3) is 3.33. The zero-order valence-corrected chi connectivity index (χ0v) is 11.4. The number of carbonyl (C=O) groups excluding carboxylic acids is 1. The molecule has 0 spiro atoms. The van der Waals surface area contributed by atoms with Crippen LogP contribution < -0.4 is 10.6 Å². The summed E-state index contributed by atoms with van der Waals surface area (Å²) in [6.07, 6.45) is 1.57. The van der Waals surface area contributed by atoms with E-state index in [1.54, 1.807) is 0 Å². The van der Waals surface area contributed by atoms with Crippen LogP contribution in [0.3, 0.4) is 0 Å². The fourth-order valence-electron chi connectivity index (χ4n) is 2.58. The van der Waals surface area contributed by atoms with Gasteiger partial charge in [0.1, 0.15) is 0 Å². The second kappa shape index (κ2) is 5.53. The average Bonchev–Trinajstić information content (AvgIpc) is 2.31. The van der Waals surface area contributed by atoms with Crippen LogP contribution in [-0.4, -0.2) is 18.5 Å². The van der Waals surface area contributed by atoms with E-state index in [2.05, 4.69) is 49.6 Å². The van der Waals surface area contributed by atoms with Crippen LogP contribution in [0.25, 0.3) is 0 Å². The van der Waals surface area contributed by atoms with Crippen molar-refractivity contribution in [3.05, 3.63) is 34.9 Å². The maximum absolute atomic E-state index is 11.1. The van der Waals surface area contributed by atoms with Crippen LogP contribution in [0.5, 0.6) is 0 Å². The Morgan fingerprint density at radius 3 is 2.50 bits per heavy atom. The number of carbonyl (C=O) groups is 1. The Labute approximate surface area is 109 Å². The number of amides is 1. The predicted octanol–water partition coefficient (Wildman–Crippen LogP) is 2.23. The van der Waals surface area contributed by atoms with Gasteiger partial charge in [-0.2, -0.15) is 0 Å². The fourth-order valence-corrected chi connectivity index (χ4v) is 2.58. The number of rotatable bonds is 3. The summed E-state index contributed by atoms with van der Waals surface area (Å²) in [5, 5.41) is 6.51. The van der Waals surface area contributed by atoms with Crippen molar-refractivity contribution in [1.29, 1.82) is 0 Å². The number of piperidine rings is 1. The first-order valence-electron chi connectivity index (χ1n) is 6.65. The second-order valence-electron chi connectivity index (χ2n) is 5.35. The van der Waals surface area contributed by atoms with Gasteiger partial charge in [0.05, 0.1) is 0 Å². The molecule has 18 heavy (non-hydrogen) atoms. The van der Waals surface area contributed by atoms with Gasteiger partial charge in [-0.3, -0.25) is 4.79 Å². The van der Waals surface area contributed by atoms with Crippen molar-refractivity contribution in [3.63, 3.8) is 0 Å². The van der Waals surface area contributed by atoms with Crippen LogP contribution >= 0.6 is 0 Å². The lowest BCUT2D eigenvalue weighted by Gasteiger charge is -2.27. The summed E-state index contributed by atoms with van der Waals surface area (Å²) in [6, 6.07) is 7.36. The molecular formula is C15H22N2O. The number of aryl methyl sites for hydroxylation is 2. The molecule has 1 amide bonds. The van der Waals surface area contributed by atoms with E-state index < -0.39 is 0 Å². The van der Waals surface area contributed by atoms with E-state index in [1.807, 2.05) is 0 Å². The SMILES string of the molecule is Cc1cc(C)cc(C(C)NC2CCC(=O)NC2)c1. The van der Waals surface area contributed by atoms with E-state index in [4.69, 9.17) is 0 Å². The van der Waals surface area contributed by atoms with Gasteiger partial charge in [-0.25, -0.2) is 0 Å². The van der Waals surface area contributed by atoms with Crippen LogP contribution in [0.2, 0.25) is 0 Å². The summed E-state index contributed by atoms with van der Waals surface area (Å²) in [6.45, 7) is 7.19. The van der Waals surface area contributed by atoms with Crippen LogP contribution in [0.4, 0.5) is 0 Å². The summed E-state index contributed by atoms with van der Waals surface area (Å²) in [5.74, 6) is 0.173. The topological polar surface area (TPSA) is 41.1 Å². The van der Waals surface area contributed by atoms with Gasteiger partial charge >= 0.3 is 0 Å². The summed E-state index contributed by atoms with van der Waals surface area (Å²) >= 11 is 0. The Kier molecular flexibility index (Phi) is 4.02. The smallest absolute Gasteiger partial charge is 0.220 e. The summed E-state index contributed by atoms with van der Waals surface area (Å²) in [7, 11) is 0. The molecule has 1 aliphatic rings. The largest absolute Gasteiger partial charge is 0.355 e. The lowest BCUT2D eigenvalue weighted by molar-refractivity contribution is -0.122. The first kappa shape index (κ1) is 13.1. The van der Waals surface area contributed by atoms with Crippen molar-refractivity contribution in [2.75, 3.05) is 6.54 Å². The van der Waals surface area contributed by atoms with Crippen LogP contribution in [-0.2, 0) is 4.79 Å². The van der Waals surface area contributed by atoms with Crippen LogP contribution in [0.15, 0.2) is 18.2 Å². The lowest BCUT2D eigenvalue weighted by Crippen LogP contribution is -2.46. The Morgan fingerprint density at radius 1 is 1.28 bits per heavy atom. The highest BCUT2D eigenvalue weighted by Crippen LogP contribution is 2.18. The third-order valence-corrected chi connectivity index (χ3v) is 3.50.